The van der Waals surface area contributed by atoms with Gasteiger partial charge in [0.05, 0.1) is 4.92 Å². The Bertz CT molecular complexity index is 493. The first-order chi connectivity index (χ1) is 10.1. The lowest BCUT2D eigenvalue weighted by atomic mass is 10.2. The van der Waals surface area contributed by atoms with E-state index < -0.39 is 10.8 Å². The molecule has 0 atom stereocenters. The van der Waals surface area contributed by atoms with E-state index in [-0.39, 0.29) is 11.3 Å². The third-order valence-electron chi connectivity index (χ3n) is 2.74. The highest BCUT2D eigenvalue weighted by molar-refractivity contribution is 5.98. The van der Waals surface area contributed by atoms with E-state index in [1.165, 1.54) is 6.07 Å². The van der Waals surface area contributed by atoms with Crippen molar-refractivity contribution in [1.82, 2.24) is 10.3 Å². The lowest BCUT2D eigenvalue weighted by Crippen LogP contribution is -2.25. The van der Waals surface area contributed by atoms with E-state index in [0.717, 1.165) is 19.0 Å². The second kappa shape index (κ2) is 8.85. The molecule has 1 amide bonds. The Morgan fingerprint density at radius 2 is 2.24 bits per heavy atom. The molecule has 0 unspecified atom stereocenters. The Morgan fingerprint density at radius 1 is 1.48 bits per heavy atom. The second-order valence-electron chi connectivity index (χ2n) is 4.33. The van der Waals surface area contributed by atoms with Crippen molar-refractivity contribution in [2.45, 2.75) is 19.8 Å². The number of methoxy groups -OCH3 is 1. The SMILES string of the molecule is CCNc1cc(C(=O)NCCCCOC)c([N+](=O)[O-])cn1. The zero-order chi connectivity index (χ0) is 15.7. The Morgan fingerprint density at radius 3 is 2.86 bits per heavy atom. The van der Waals surface area contributed by atoms with Crippen molar-refractivity contribution in [2.75, 3.05) is 32.1 Å². The lowest BCUT2D eigenvalue weighted by molar-refractivity contribution is -0.385. The maximum absolute atomic E-state index is 12.1. The van der Waals surface area contributed by atoms with Crippen LogP contribution >= 0.6 is 0 Å². The van der Waals surface area contributed by atoms with Gasteiger partial charge in [-0.05, 0) is 19.8 Å². The molecule has 1 aromatic heterocycles. The van der Waals surface area contributed by atoms with E-state index in [2.05, 4.69) is 15.6 Å². The van der Waals surface area contributed by atoms with Crippen molar-refractivity contribution in [3.63, 3.8) is 0 Å². The number of anilines is 1. The van der Waals surface area contributed by atoms with Gasteiger partial charge in [0.2, 0.25) is 0 Å². The summed E-state index contributed by atoms with van der Waals surface area (Å²) in [6.45, 7) is 3.55. The number of amides is 1. The number of nitro groups is 1. The molecule has 1 heterocycles. The van der Waals surface area contributed by atoms with Crippen molar-refractivity contribution in [1.29, 1.82) is 0 Å². The summed E-state index contributed by atoms with van der Waals surface area (Å²) in [5, 5.41) is 16.5. The van der Waals surface area contributed by atoms with Gasteiger partial charge in [-0.15, -0.1) is 0 Å². The molecule has 2 N–H and O–H groups in total. The first kappa shape index (κ1) is 16.8. The highest BCUT2D eigenvalue weighted by atomic mass is 16.6. The number of pyridine rings is 1. The number of carbonyl (C=O) groups is 1. The van der Waals surface area contributed by atoms with E-state index in [4.69, 9.17) is 4.74 Å². The normalized spacial score (nSPS) is 10.2. The fourth-order valence-corrected chi connectivity index (χ4v) is 1.72. The van der Waals surface area contributed by atoms with Crippen LogP contribution in [0.1, 0.15) is 30.1 Å². The number of unbranched alkanes of at least 4 members (excludes halogenated alkanes) is 1. The molecule has 0 aliphatic rings. The average molecular weight is 296 g/mol. The van der Waals surface area contributed by atoms with Crippen LogP contribution in [0, 0.1) is 10.1 Å². The van der Waals surface area contributed by atoms with Gasteiger partial charge in [-0.2, -0.15) is 0 Å². The van der Waals surface area contributed by atoms with Crippen LogP contribution < -0.4 is 10.6 Å². The van der Waals surface area contributed by atoms with Crippen LogP contribution in [0.25, 0.3) is 0 Å². The number of nitrogens with one attached hydrogen (secondary N) is 2. The Kier molecular flexibility index (Phi) is 7.10. The fraction of sp³-hybridized carbons (Fsp3) is 0.538. The molecule has 0 aliphatic heterocycles. The molecule has 0 bridgehead atoms. The Hall–Kier alpha value is -2.22. The molecule has 0 aromatic carbocycles. The van der Waals surface area contributed by atoms with Crippen molar-refractivity contribution in [2.24, 2.45) is 0 Å². The topological polar surface area (TPSA) is 106 Å². The van der Waals surface area contributed by atoms with Gasteiger partial charge < -0.3 is 15.4 Å². The summed E-state index contributed by atoms with van der Waals surface area (Å²) in [4.78, 5) is 26.3. The highest BCUT2D eigenvalue weighted by Crippen LogP contribution is 2.20. The fourth-order valence-electron chi connectivity index (χ4n) is 1.72. The minimum atomic E-state index is -0.609. The van der Waals surface area contributed by atoms with Gasteiger partial charge in [0.1, 0.15) is 17.6 Å². The number of hydrogen-bond acceptors (Lipinski definition) is 6. The molecule has 21 heavy (non-hydrogen) atoms. The molecule has 116 valence electrons. The van der Waals surface area contributed by atoms with Gasteiger partial charge in [-0.1, -0.05) is 0 Å². The molecule has 1 rings (SSSR count). The summed E-state index contributed by atoms with van der Waals surface area (Å²) in [5.41, 5.74) is -0.288. The molecule has 1 aromatic rings. The van der Waals surface area contributed by atoms with Gasteiger partial charge in [0.15, 0.2) is 0 Å². The number of aromatic nitrogens is 1. The highest BCUT2D eigenvalue weighted by Gasteiger charge is 2.21. The molecule has 8 heteroatoms. The van der Waals surface area contributed by atoms with Gasteiger partial charge in [-0.3, -0.25) is 14.9 Å². The third-order valence-corrected chi connectivity index (χ3v) is 2.74. The van der Waals surface area contributed by atoms with Gasteiger partial charge in [0.25, 0.3) is 11.6 Å². The number of carbonyl (C=O) groups excluding carboxylic acids is 1. The third kappa shape index (κ3) is 5.35. The van der Waals surface area contributed by atoms with Gasteiger partial charge in [-0.25, -0.2) is 4.98 Å². The van der Waals surface area contributed by atoms with Crippen molar-refractivity contribution >= 4 is 17.4 Å². The number of hydrogen-bond donors (Lipinski definition) is 2. The molecule has 0 saturated heterocycles. The first-order valence-corrected chi connectivity index (χ1v) is 6.75. The quantitative estimate of drug-likeness (QED) is 0.407. The standard InChI is InChI=1S/C13H20N4O4/c1-3-14-12-8-10(11(9-16-12)17(19)20)13(18)15-6-4-5-7-21-2/h8-9H,3-7H2,1-2H3,(H,14,16)(H,15,18). The molecule has 0 saturated carbocycles. The molecular formula is C13H20N4O4. The number of ether oxygens (including phenoxy) is 1. The summed E-state index contributed by atoms with van der Waals surface area (Å²) in [6.07, 6.45) is 2.66. The van der Waals surface area contributed by atoms with Crippen LogP contribution in [0.5, 0.6) is 0 Å². The predicted octanol–water partition coefficient (Wildman–Crippen LogP) is 1.58. The molecule has 0 fully saturated rings. The lowest BCUT2D eigenvalue weighted by Gasteiger charge is -2.08. The van der Waals surface area contributed by atoms with Crippen LogP contribution in [0.3, 0.4) is 0 Å². The zero-order valence-corrected chi connectivity index (χ0v) is 12.2. The summed E-state index contributed by atoms with van der Waals surface area (Å²) in [7, 11) is 1.61. The molecular weight excluding hydrogens is 276 g/mol. The molecule has 0 aliphatic carbocycles. The zero-order valence-electron chi connectivity index (χ0n) is 12.2. The van der Waals surface area contributed by atoms with Crippen LogP contribution in [0.2, 0.25) is 0 Å². The first-order valence-electron chi connectivity index (χ1n) is 6.75. The van der Waals surface area contributed by atoms with E-state index in [1.54, 1.807) is 7.11 Å². The minimum absolute atomic E-state index is 0.0118. The molecule has 0 radical (unpaired) electrons. The van der Waals surface area contributed by atoms with Crippen LogP contribution in [-0.4, -0.2) is 42.6 Å². The van der Waals surface area contributed by atoms with E-state index in [9.17, 15) is 14.9 Å². The van der Waals surface area contributed by atoms with Crippen LogP contribution in [0.15, 0.2) is 12.3 Å². The number of rotatable bonds is 9. The smallest absolute Gasteiger partial charge is 0.300 e. The maximum atomic E-state index is 12.1. The second-order valence-corrected chi connectivity index (χ2v) is 4.33. The van der Waals surface area contributed by atoms with E-state index in [1.807, 2.05) is 6.92 Å². The number of nitrogens with zero attached hydrogens (tertiary/aromatic N) is 2. The van der Waals surface area contributed by atoms with Crippen LogP contribution in [0.4, 0.5) is 11.5 Å². The average Bonchev–Trinajstić information content (AvgIpc) is 2.47. The maximum Gasteiger partial charge on any atom is 0.300 e. The summed E-state index contributed by atoms with van der Waals surface area (Å²) < 4.78 is 4.91. The summed E-state index contributed by atoms with van der Waals surface area (Å²) in [5.74, 6) is -0.0340. The van der Waals surface area contributed by atoms with Gasteiger partial charge >= 0.3 is 0 Å². The monoisotopic (exact) mass is 296 g/mol. The van der Waals surface area contributed by atoms with Crippen molar-refractivity contribution in [3.05, 3.63) is 27.9 Å². The Labute approximate surface area is 123 Å². The van der Waals surface area contributed by atoms with Crippen molar-refractivity contribution < 1.29 is 14.5 Å². The van der Waals surface area contributed by atoms with Crippen LogP contribution in [-0.2, 0) is 4.74 Å². The van der Waals surface area contributed by atoms with Crippen molar-refractivity contribution in [3.8, 4) is 0 Å². The predicted molar refractivity (Wildman–Crippen MR) is 78.5 cm³/mol. The largest absolute Gasteiger partial charge is 0.385 e. The minimum Gasteiger partial charge on any atom is -0.385 e. The Balaban J connectivity index is 2.75. The summed E-state index contributed by atoms with van der Waals surface area (Å²) >= 11 is 0. The van der Waals surface area contributed by atoms with Gasteiger partial charge in [0, 0.05) is 32.9 Å². The molecule has 8 nitrogen and oxygen atoms in total. The summed E-state index contributed by atoms with van der Waals surface area (Å²) in [6, 6.07) is 1.39. The van der Waals surface area contributed by atoms with E-state index >= 15 is 0 Å². The molecule has 0 spiro atoms. The van der Waals surface area contributed by atoms with E-state index in [0.29, 0.717) is 25.5 Å².